The summed E-state index contributed by atoms with van der Waals surface area (Å²) >= 11 is 5.78. The van der Waals surface area contributed by atoms with E-state index in [-0.39, 0.29) is 12.1 Å². The first-order chi connectivity index (χ1) is 11.0. The summed E-state index contributed by atoms with van der Waals surface area (Å²) in [6.45, 7) is 1.56. The SMILES string of the molecule is COC1CC([N+](=O)[O-])=C2N(Cc3ccc(Cl)nc3)CCN2C1O. The molecule has 0 aliphatic carbocycles. The van der Waals surface area contributed by atoms with E-state index in [1.54, 1.807) is 17.2 Å². The largest absolute Gasteiger partial charge is 0.376 e. The molecule has 9 heteroatoms. The molecule has 2 atom stereocenters. The summed E-state index contributed by atoms with van der Waals surface area (Å²) in [6.07, 6.45) is 0.240. The summed E-state index contributed by atoms with van der Waals surface area (Å²) in [5, 5.41) is 22.2. The molecule has 0 saturated carbocycles. The fourth-order valence-electron chi connectivity index (χ4n) is 3.05. The van der Waals surface area contributed by atoms with Crippen LogP contribution in [0.1, 0.15) is 12.0 Å². The van der Waals surface area contributed by atoms with E-state index in [1.165, 1.54) is 7.11 Å². The number of rotatable bonds is 4. The average molecular weight is 341 g/mol. The monoisotopic (exact) mass is 340 g/mol. The Bertz CT molecular complexity index is 636. The lowest BCUT2D eigenvalue weighted by atomic mass is 10.1. The minimum Gasteiger partial charge on any atom is -0.376 e. The van der Waals surface area contributed by atoms with Gasteiger partial charge in [0.05, 0.1) is 11.3 Å². The Morgan fingerprint density at radius 1 is 1.52 bits per heavy atom. The van der Waals surface area contributed by atoms with Crippen molar-refractivity contribution < 1.29 is 14.8 Å². The quantitative estimate of drug-likeness (QED) is 0.497. The number of methoxy groups -OCH3 is 1. The summed E-state index contributed by atoms with van der Waals surface area (Å²) in [4.78, 5) is 18.6. The summed E-state index contributed by atoms with van der Waals surface area (Å²) in [5.74, 6) is 0.464. The molecule has 1 fully saturated rings. The van der Waals surface area contributed by atoms with Crippen LogP contribution in [0.2, 0.25) is 5.15 Å². The smallest absolute Gasteiger partial charge is 0.289 e. The van der Waals surface area contributed by atoms with E-state index in [0.29, 0.717) is 30.6 Å². The fourth-order valence-corrected chi connectivity index (χ4v) is 3.16. The van der Waals surface area contributed by atoms with Crippen LogP contribution in [0.4, 0.5) is 0 Å². The number of nitro groups is 1. The second-order valence-electron chi connectivity index (χ2n) is 5.52. The van der Waals surface area contributed by atoms with Gasteiger partial charge in [0.25, 0.3) is 5.70 Å². The molecular weight excluding hydrogens is 324 g/mol. The van der Waals surface area contributed by atoms with Gasteiger partial charge in [-0.25, -0.2) is 4.98 Å². The van der Waals surface area contributed by atoms with Crippen LogP contribution in [0, 0.1) is 10.1 Å². The molecule has 3 rings (SSSR count). The summed E-state index contributed by atoms with van der Waals surface area (Å²) in [7, 11) is 1.45. The molecule has 0 radical (unpaired) electrons. The normalized spacial score (nSPS) is 24.1. The molecule has 23 heavy (non-hydrogen) atoms. The van der Waals surface area contributed by atoms with Gasteiger partial charge in [-0.15, -0.1) is 0 Å². The van der Waals surface area contributed by atoms with Gasteiger partial charge in [-0.1, -0.05) is 17.7 Å². The van der Waals surface area contributed by atoms with E-state index in [1.807, 2.05) is 11.0 Å². The minimum atomic E-state index is -0.882. The van der Waals surface area contributed by atoms with Crippen LogP contribution in [-0.2, 0) is 11.3 Å². The number of nitrogens with zero attached hydrogens (tertiary/aromatic N) is 4. The Morgan fingerprint density at radius 2 is 2.30 bits per heavy atom. The molecule has 2 aliphatic heterocycles. The molecular formula is C14H17ClN4O4. The van der Waals surface area contributed by atoms with E-state index in [2.05, 4.69) is 4.98 Å². The first-order valence-corrected chi connectivity index (χ1v) is 7.59. The highest BCUT2D eigenvalue weighted by atomic mass is 35.5. The Hall–Kier alpha value is -1.90. The van der Waals surface area contributed by atoms with Crippen LogP contribution in [-0.4, -0.2) is 57.3 Å². The van der Waals surface area contributed by atoms with Gasteiger partial charge >= 0.3 is 0 Å². The Labute approximate surface area is 138 Å². The maximum atomic E-state index is 11.4. The van der Waals surface area contributed by atoms with E-state index in [4.69, 9.17) is 16.3 Å². The third-order valence-corrected chi connectivity index (χ3v) is 4.40. The van der Waals surface area contributed by atoms with Gasteiger partial charge in [0.15, 0.2) is 12.0 Å². The standard InChI is InChI=1S/C14H17ClN4O4/c1-23-11-6-10(19(21)22)13-17(4-5-18(13)14(11)20)8-9-2-3-12(15)16-7-9/h2-3,7,11,14,20H,4-6,8H2,1H3. The van der Waals surface area contributed by atoms with E-state index in [9.17, 15) is 15.2 Å². The molecule has 1 aromatic rings. The molecule has 0 spiro atoms. The van der Waals surface area contributed by atoms with Crippen molar-refractivity contribution in [1.29, 1.82) is 0 Å². The highest BCUT2D eigenvalue weighted by Crippen LogP contribution is 2.34. The molecule has 8 nitrogen and oxygen atoms in total. The number of ether oxygens (including phenoxy) is 1. The maximum Gasteiger partial charge on any atom is 0.289 e. The molecule has 0 aromatic carbocycles. The third kappa shape index (κ3) is 2.97. The first-order valence-electron chi connectivity index (χ1n) is 7.21. The van der Waals surface area contributed by atoms with Crippen molar-refractivity contribution >= 4 is 11.6 Å². The predicted molar refractivity (Wildman–Crippen MR) is 81.8 cm³/mol. The molecule has 1 N–H and O–H groups in total. The van der Waals surface area contributed by atoms with Crippen LogP contribution in [0.3, 0.4) is 0 Å². The topological polar surface area (TPSA) is 92.0 Å². The van der Waals surface area contributed by atoms with Crippen LogP contribution in [0.25, 0.3) is 0 Å². The van der Waals surface area contributed by atoms with Crippen LogP contribution < -0.4 is 0 Å². The van der Waals surface area contributed by atoms with E-state index >= 15 is 0 Å². The molecule has 2 unspecified atom stereocenters. The predicted octanol–water partition coefficient (Wildman–Crippen LogP) is 1.04. The van der Waals surface area contributed by atoms with Gasteiger partial charge in [0, 0.05) is 32.9 Å². The van der Waals surface area contributed by atoms with Crippen molar-refractivity contribution in [1.82, 2.24) is 14.8 Å². The number of pyridine rings is 1. The molecule has 1 saturated heterocycles. The van der Waals surface area contributed by atoms with Crippen molar-refractivity contribution in [2.24, 2.45) is 0 Å². The van der Waals surface area contributed by atoms with Gasteiger partial charge in [-0.3, -0.25) is 10.1 Å². The zero-order valence-electron chi connectivity index (χ0n) is 12.6. The van der Waals surface area contributed by atoms with Gasteiger partial charge in [-0.05, 0) is 11.6 Å². The zero-order valence-corrected chi connectivity index (χ0v) is 13.3. The third-order valence-electron chi connectivity index (χ3n) is 4.17. The summed E-state index contributed by atoms with van der Waals surface area (Å²) in [5.41, 5.74) is 0.969. The number of aromatic nitrogens is 1. The van der Waals surface area contributed by atoms with Gasteiger partial charge in [0.2, 0.25) is 0 Å². The fraction of sp³-hybridized carbons (Fsp3) is 0.500. The molecule has 1 aromatic heterocycles. The van der Waals surface area contributed by atoms with Gasteiger partial charge in [0.1, 0.15) is 11.3 Å². The Morgan fingerprint density at radius 3 is 2.91 bits per heavy atom. The van der Waals surface area contributed by atoms with E-state index < -0.39 is 17.3 Å². The molecule has 0 amide bonds. The molecule has 3 heterocycles. The van der Waals surface area contributed by atoms with Crippen LogP contribution in [0.15, 0.2) is 29.8 Å². The zero-order chi connectivity index (χ0) is 16.6. The highest BCUT2D eigenvalue weighted by Gasteiger charge is 2.45. The van der Waals surface area contributed by atoms with Crippen molar-refractivity contribution in [3.8, 4) is 0 Å². The van der Waals surface area contributed by atoms with Crippen molar-refractivity contribution in [3.63, 3.8) is 0 Å². The number of fused-ring (bicyclic) bond motifs is 1. The first kappa shape index (κ1) is 16.0. The van der Waals surface area contributed by atoms with Crippen LogP contribution >= 0.6 is 11.6 Å². The minimum absolute atomic E-state index is 0.0709. The number of aliphatic hydroxyl groups is 1. The Balaban J connectivity index is 1.91. The van der Waals surface area contributed by atoms with Gasteiger partial charge < -0.3 is 19.6 Å². The number of halogens is 1. The lowest BCUT2D eigenvalue weighted by Crippen LogP contribution is -2.48. The molecule has 124 valence electrons. The lowest BCUT2D eigenvalue weighted by Gasteiger charge is -2.36. The number of hydrogen-bond donors (Lipinski definition) is 1. The van der Waals surface area contributed by atoms with Crippen molar-refractivity contribution in [2.45, 2.75) is 25.3 Å². The van der Waals surface area contributed by atoms with Crippen molar-refractivity contribution in [3.05, 3.63) is 50.7 Å². The summed E-state index contributed by atoms with van der Waals surface area (Å²) in [6, 6.07) is 3.52. The van der Waals surface area contributed by atoms with E-state index in [0.717, 1.165) is 5.56 Å². The lowest BCUT2D eigenvalue weighted by molar-refractivity contribution is -0.436. The average Bonchev–Trinajstić information content (AvgIpc) is 2.94. The van der Waals surface area contributed by atoms with Crippen LogP contribution in [0.5, 0.6) is 0 Å². The highest BCUT2D eigenvalue weighted by molar-refractivity contribution is 6.29. The number of aliphatic hydroxyl groups excluding tert-OH is 1. The molecule has 2 aliphatic rings. The molecule has 0 bridgehead atoms. The van der Waals surface area contributed by atoms with Gasteiger partial charge in [-0.2, -0.15) is 0 Å². The maximum absolute atomic E-state index is 11.4. The second kappa shape index (κ2) is 6.31. The summed E-state index contributed by atoms with van der Waals surface area (Å²) < 4.78 is 5.19. The van der Waals surface area contributed by atoms with Crippen molar-refractivity contribution in [2.75, 3.05) is 20.2 Å². The second-order valence-corrected chi connectivity index (χ2v) is 5.91. The Kier molecular flexibility index (Phi) is 4.38. The number of hydrogen-bond acceptors (Lipinski definition) is 7.